The number of nitrogens with zero attached hydrogens (tertiary/aromatic N) is 3. The largest absolute Gasteiger partial charge is 0.359 e. The first-order valence-electron chi connectivity index (χ1n) is 9.80. The highest BCUT2D eigenvalue weighted by Gasteiger charge is 2.46. The van der Waals surface area contributed by atoms with Gasteiger partial charge >= 0.3 is 0 Å². The van der Waals surface area contributed by atoms with Crippen molar-refractivity contribution in [3.05, 3.63) is 48.3 Å². The minimum atomic E-state index is -1.95. The fourth-order valence-corrected chi connectivity index (χ4v) is 11.8. The number of pyridine rings is 2. The van der Waals surface area contributed by atoms with E-state index in [1.54, 1.807) is 6.20 Å². The smallest absolute Gasteiger partial charge is 0.171 e. The Balaban J connectivity index is 2.34. The molecule has 3 nitrogen and oxygen atoms in total. The maximum atomic E-state index is 14.8. The molecule has 0 aliphatic rings. The molecule has 0 N–H and O–H groups in total. The number of hydrogen-bond acceptors (Lipinski definition) is 2. The molecular formula is C22H30FN3Si. The van der Waals surface area contributed by atoms with E-state index in [2.05, 4.69) is 61.9 Å². The highest BCUT2D eigenvalue weighted by molar-refractivity contribution is 6.82. The van der Waals surface area contributed by atoms with Crippen molar-refractivity contribution in [3.8, 4) is 11.1 Å². The van der Waals surface area contributed by atoms with Crippen LogP contribution in [0.15, 0.2) is 36.8 Å². The first-order chi connectivity index (χ1) is 12.7. The van der Waals surface area contributed by atoms with Crippen molar-refractivity contribution in [2.24, 2.45) is 0 Å². The van der Waals surface area contributed by atoms with Crippen LogP contribution in [0, 0.1) is 12.7 Å². The van der Waals surface area contributed by atoms with Crippen LogP contribution in [0.3, 0.4) is 0 Å². The first-order valence-corrected chi connectivity index (χ1v) is 12.0. The summed E-state index contributed by atoms with van der Waals surface area (Å²) < 4.78 is 17.3. The zero-order valence-corrected chi connectivity index (χ0v) is 18.4. The normalized spacial score (nSPS) is 12.7. The molecule has 0 radical (unpaired) electrons. The quantitative estimate of drug-likeness (QED) is 0.467. The van der Waals surface area contributed by atoms with Crippen molar-refractivity contribution in [2.75, 3.05) is 0 Å². The zero-order chi connectivity index (χ0) is 19.9. The van der Waals surface area contributed by atoms with E-state index in [1.165, 1.54) is 6.20 Å². The fraction of sp³-hybridized carbons (Fsp3) is 0.455. The van der Waals surface area contributed by atoms with Gasteiger partial charge in [0.05, 0.1) is 6.20 Å². The summed E-state index contributed by atoms with van der Waals surface area (Å²) in [5.74, 6) is -0.281. The van der Waals surface area contributed by atoms with Gasteiger partial charge in [0.1, 0.15) is 11.5 Å². The predicted molar refractivity (Wildman–Crippen MR) is 114 cm³/mol. The third kappa shape index (κ3) is 3.02. The highest BCUT2D eigenvalue weighted by atomic mass is 28.3. The first kappa shape index (κ1) is 19.7. The molecule has 27 heavy (non-hydrogen) atoms. The van der Waals surface area contributed by atoms with Crippen molar-refractivity contribution in [1.29, 1.82) is 0 Å². The molecule has 0 bridgehead atoms. The molecule has 3 heterocycles. The van der Waals surface area contributed by atoms with Gasteiger partial charge in [0.15, 0.2) is 8.24 Å². The molecule has 144 valence electrons. The van der Waals surface area contributed by atoms with Gasteiger partial charge in [0.25, 0.3) is 0 Å². The monoisotopic (exact) mass is 383 g/mol. The minimum absolute atomic E-state index is 0.281. The maximum Gasteiger partial charge on any atom is 0.171 e. The molecule has 0 fully saturated rings. The number of rotatable bonds is 5. The zero-order valence-electron chi connectivity index (χ0n) is 17.4. The van der Waals surface area contributed by atoms with Crippen LogP contribution in [0.4, 0.5) is 4.39 Å². The Morgan fingerprint density at radius 2 is 1.59 bits per heavy atom. The summed E-state index contributed by atoms with van der Waals surface area (Å²) in [7, 11) is -1.95. The molecule has 0 unspecified atom stereocenters. The van der Waals surface area contributed by atoms with Gasteiger partial charge in [0, 0.05) is 22.8 Å². The summed E-state index contributed by atoms with van der Waals surface area (Å²) in [5, 5.41) is 0.888. The van der Waals surface area contributed by atoms with Crippen molar-refractivity contribution in [3.63, 3.8) is 0 Å². The second-order valence-electron chi connectivity index (χ2n) is 8.44. The SMILES string of the molecule is Cc1cc(-c2c(F)cnc3c2ccn3[Si](C(C)C)(C(C)C)C(C)C)ccn1. The van der Waals surface area contributed by atoms with E-state index in [-0.39, 0.29) is 5.82 Å². The number of hydrogen-bond donors (Lipinski definition) is 0. The van der Waals surface area contributed by atoms with Crippen molar-refractivity contribution >= 4 is 19.3 Å². The third-order valence-electron chi connectivity index (χ3n) is 6.04. The Kier molecular flexibility index (Phi) is 5.26. The lowest BCUT2D eigenvalue weighted by molar-refractivity contribution is 0.627. The second-order valence-corrected chi connectivity index (χ2v) is 14.2. The van der Waals surface area contributed by atoms with Gasteiger partial charge in [-0.1, -0.05) is 41.5 Å². The number of aromatic nitrogens is 3. The molecule has 0 amide bonds. The minimum Gasteiger partial charge on any atom is -0.359 e. The van der Waals surface area contributed by atoms with Crippen LogP contribution >= 0.6 is 0 Å². The van der Waals surface area contributed by atoms with Crippen molar-refractivity contribution < 1.29 is 4.39 Å². The van der Waals surface area contributed by atoms with Crippen LogP contribution in [0.25, 0.3) is 22.2 Å². The lowest BCUT2D eigenvalue weighted by Gasteiger charge is -2.44. The van der Waals surface area contributed by atoms with Gasteiger partial charge in [-0.15, -0.1) is 0 Å². The number of fused-ring (bicyclic) bond motifs is 1. The van der Waals surface area contributed by atoms with Crippen molar-refractivity contribution in [1.82, 2.24) is 14.2 Å². The van der Waals surface area contributed by atoms with Gasteiger partial charge in [0.2, 0.25) is 0 Å². The van der Waals surface area contributed by atoms with E-state index in [0.717, 1.165) is 22.3 Å². The number of aryl methyl sites for hydroxylation is 1. The standard InChI is InChI=1S/C22H30FN3Si/c1-14(2)27(15(3)4,16(5)6)26-11-9-19-21(20(23)13-25-22(19)26)18-8-10-24-17(7)12-18/h8-16H,1-7H3. The second kappa shape index (κ2) is 7.19. The van der Waals surface area contributed by atoms with E-state index in [1.807, 2.05) is 25.1 Å². The molecule has 5 heteroatoms. The third-order valence-corrected chi connectivity index (χ3v) is 12.8. The van der Waals surface area contributed by atoms with E-state index in [4.69, 9.17) is 0 Å². The fourth-order valence-electron chi connectivity index (χ4n) is 5.20. The Bertz CT molecular complexity index is 938. The molecule has 0 saturated carbocycles. The Labute approximate surface area is 162 Å². The molecule has 0 aliphatic carbocycles. The van der Waals surface area contributed by atoms with Crippen LogP contribution in [0.2, 0.25) is 16.6 Å². The van der Waals surface area contributed by atoms with E-state index < -0.39 is 8.24 Å². The van der Waals surface area contributed by atoms with E-state index >= 15 is 0 Å². The van der Waals surface area contributed by atoms with Gasteiger partial charge in [-0.2, -0.15) is 0 Å². The summed E-state index contributed by atoms with van der Waals surface area (Å²) >= 11 is 0. The summed E-state index contributed by atoms with van der Waals surface area (Å²) in [6.07, 6.45) is 5.27. The van der Waals surface area contributed by atoms with E-state index in [0.29, 0.717) is 22.2 Å². The lowest BCUT2D eigenvalue weighted by atomic mass is 10.0. The van der Waals surface area contributed by atoms with Gasteiger partial charge in [-0.3, -0.25) is 4.98 Å². The molecule has 0 spiro atoms. The molecule has 3 rings (SSSR count). The number of halogens is 1. The molecular weight excluding hydrogens is 353 g/mol. The summed E-state index contributed by atoms with van der Waals surface area (Å²) in [6, 6.07) is 5.86. The van der Waals surface area contributed by atoms with Crippen LogP contribution in [0.1, 0.15) is 47.2 Å². The van der Waals surface area contributed by atoms with Crippen LogP contribution < -0.4 is 0 Å². The van der Waals surface area contributed by atoms with Crippen LogP contribution in [0.5, 0.6) is 0 Å². The summed E-state index contributed by atoms with van der Waals surface area (Å²) in [5.41, 5.74) is 4.92. The van der Waals surface area contributed by atoms with Crippen LogP contribution in [-0.4, -0.2) is 22.4 Å². The lowest BCUT2D eigenvalue weighted by Crippen LogP contribution is -2.51. The van der Waals surface area contributed by atoms with E-state index in [9.17, 15) is 4.39 Å². The average Bonchev–Trinajstić information content (AvgIpc) is 2.98. The highest BCUT2D eigenvalue weighted by Crippen LogP contribution is 2.44. The predicted octanol–water partition coefficient (Wildman–Crippen LogP) is 6.57. The maximum absolute atomic E-state index is 14.8. The van der Waals surface area contributed by atoms with Crippen molar-refractivity contribution in [2.45, 2.75) is 65.1 Å². The Hall–Kier alpha value is -2.01. The summed E-state index contributed by atoms with van der Waals surface area (Å²) in [6.45, 7) is 15.9. The van der Waals surface area contributed by atoms with Gasteiger partial charge in [-0.05, 0) is 53.5 Å². The Morgan fingerprint density at radius 3 is 2.15 bits per heavy atom. The van der Waals surface area contributed by atoms with Gasteiger partial charge in [-0.25, -0.2) is 9.37 Å². The molecule has 0 aliphatic heterocycles. The molecule has 3 aromatic rings. The molecule has 3 aromatic heterocycles. The van der Waals surface area contributed by atoms with Gasteiger partial charge < -0.3 is 4.23 Å². The average molecular weight is 384 g/mol. The molecule has 0 aromatic carbocycles. The summed E-state index contributed by atoms with van der Waals surface area (Å²) in [4.78, 5) is 8.82. The van der Waals surface area contributed by atoms with Crippen LogP contribution in [-0.2, 0) is 0 Å². The topological polar surface area (TPSA) is 30.7 Å². The molecule has 0 saturated heterocycles. The Morgan fingerprint density at radius 1 is 0.963 bits per heavy atom. The molecule has 0 atom stereocenters.